The molecule has 1 aliphatic carbocycles. The van der Waals surface area contributed by atoms with Gasteiger partial charge in [0.15, 0.2) is 0 Å². The standard InChI is InChI=1S/C10H20.C3H8.2C2H6/c1-3-9(2)5-4-6-10-7-8-10;1-3-2;2*1-2/h9-10H,3-8H2,1-2H3;3H2,1-2H3;2*1-2H3. The summed E-state index contributed by atoms with van der Waals surface area (Å²) in [5, 5.41) is 0. The Labute approximate surface area is 113 Å². The van der Waals surface area contributed by atoms with Gasteiger partial charge in [-0.1, -0.05) is 100 Å². The average molecular weight is 245 g/mol. The van der Waals surface area contributed by atoms with Crippen molar-refractivity contribution in [3.63, 3.8) is 0 Å². The third-order valence-corrected chi connectivity index (χ3v) is 2.70. The summed E-state index contributed by atoms with van der Waals surface area (Å²) < 4.78 is 0. The fourth-order valence-electron chi connectivity index (χ4n) is 1.37. The van der Waals surface area contributed by atoms with Crippen LogP contribution in [0.15, 0.2) is 0 Å². The molecule has 1 aliphatic rings. The molecule has 108 valence electrons. The molecule has 0 saturated heterocycles. The highest BCUT2D eigenvalue weighted by Crippen LogP contribution is 2.34. The average Bonchev–Trinajstić information content (AvgIpc) is 3.19. The van der Waals surface area contributed by atoms with Crippen molar-refractivity contribution in [2.75, 3.05) is 0 Å². The Balaban J connectivity index is -0.000000239. The second-order valence-electron chi connectivity index (χ2n) is 4.59. The Hall–Kier alpha value is 0. The van der Waals surface area contributed by atoms with Crippen LogP contribution < -0.4 is 0 Å². The Bertz CT molecular complexity index is 92.2. The van der Waals surface area contributed by atoms with Crippen LogP contribution in [0.1, 0.15) is 100 Å². The molecular weight excluding hydrogens is 204 g/mol. The summed E-state index contributed by atoms with van der Waals surface area (Å²) in [5.74, 6) is 2.11. The summed E-state index contributed by atoms with van der Waals surface area (Å²) in [4.78, 5) is 0. The number of rotatable bonds is 5. The lowest BCUT2D eigenvalue weighted by molar-refractivity contribution is 0.474. The lowest BCUT2D eigenvalue weighted by Gasteiger charge is -2.06. The van der Waals surface area contributed by atoms with Gasteiger partial charge in [0.05, 0.1) is 0 Å². The normalized spacial score (nSPS) is 14.1. The van der Waals surface area contributed by atoms with Gasteiger partial charge in [0.1, 0.15) is 0 Å². The van der Waals surface area contributed by atoms with Gasteiger partial charge in [-0.25, -0.2) is 0 Å². The van der Waals surface area contributed by atoms with Crippen LogP contribution in [0.5, 0.6) is 0 Å². The maximum Gasteiger partial charge on any atom is -0.0414 e. The smallest absolute Gasteiger partial charge is 0.0414 e. The second kappa shape index (κ2) is 21.3. The molecule has 0 spiro atoms. The summed E-state index contributed by atoms with van der Waals surface area (Å²) >= 11 is 0. The summed E-state index contributed by atoms with van der Waals surface area (Å²) in [7, 11) is 0. The Kier molecular flexibility index (Phi) is 27.8. The van der Waals surface area contributed by atoms with Crippen molar-refractivity contribution in [1.82, 2.24) is 0 Å². The van der Waals surface area contributed by atoms with Gasteiger partial charge in [0.25, 0.3) is 0 Å². The van der Waals surface area contributed by atoms with E-state index in [4.69, 9.17) is 0 Å². The van der Waals surface area contributed by atoms with Crippen LogP contribution >= 0.6 is 0 Å². The summed E-state index contributed by atoms with van der Waals surface area (Å²) in [5.41, 5.74) is 0. The van der Waals surface area contributed by atoms with Crippen LogP contribution in [0.2, 0.25) is 0 Å². The van der Waals surface area contributed by atoms with E-state index >= 15 is 0 Å². The molecule has 0 heterocycles. The van der Waals surface area contributed by atoms with E-state index in [9.17, 15) is 0 Å². The van der Waals surface area contributed by atoms with E-state index in [-0.39, 0.29) is 0 Å². The molecule has 0 radical (unpaired) electrons. The molecule has 1 saturated carbocycles. The molecule has 0 nitrogen and oxygen atoms in total. The summed E-state index contributed by atoms with van der Waals surface area (Å²) in [6.07, 6.45) is 10.1. The first-order valence-corrected chi connectivity index (χ1v) is 8.24. The van der Waals surface area contributed by atoms with Crippen molar-refractivity contribution in [2.45, 2.75) is 100 Å². The Morgan fingerprint density at radius 2 is 1.35 bits per heavy atom. The van der Waals surface area contributed by atoms with Crippen LogP contribution in [0.3, 0.4) is 0 Å². The van der Waals surface area contributed by atoms with Gasteiger partial charge in [-0.2, -0.15) is 0 Å². The minimum atomic E-state index is 0.971. The van der Waals surface area contributed by atoms with E-state index in [2.05, 4.69) is 27.7 Å². The lowest BCUT2D eigenvalue weighted by atomic mass is 10.0. The molecule has 1 unspecified atom stereocenters. The van der Waals surface area contributed by atoms with Gasteiger partial charge in [-0.3, -0.25) is 0 Å². The molecule has 0 aromatic rings. The zero-order valence-electron chi connectivity index (χ0n) is 14.1. The summed E-state index contributed by atoms with van der Waals surface area (Å²) in [6.45, 7) is 16.9. The first-order chi connectivity index (χ1) is 8.24. The van der Waals surface area contributed by atoms with E-state index in [1.165, 1.54) is 44.9 Å². The zero-order valence-corrected chi connectivity index (χ0v) is 14.1. The minimum Gasteiger partial charge on any atom is -0.0683 e. The van der Waals surface area contributed by atoms with Crippen molar-refractivity contribution in [3.05, 3.63) is 0 Å². The topological polar surface area (TPSA) is 0 Å². The van der Waals surface area contributed by atoms with Crippen molar-refractivity contribution in [2.24, 2.45) is 11.8 Å². The molecule has 0 N–H and O–H groups in total. The van der Waals surface area contributed by atoms with E-state index in [0.29, 0.717) is 0 Å². The van der Waals surface area contributed by atoms with E-state index in [0.717, 1.165) is 11.8 Å². The maximum atomic E-state index is 2.37. The van der Waals surface area contributed by atoms with Crippen LogP contribution in [0.4, 0.5) is 0 Å². The zero-order chi connectivity index (χ0) is 14.1. The molecule has 0 heteroatoms. The van der Waals surface area contributed by atoms with Crippen molar-refractivity contribution < 1.29 is 0 Å². The van der Waals surface area contributed by atoms with Crippen molar-refractivity contribution in [3.8, 4) is 0 Å². The van der Waals surface area contributed by atoms with Gasteiger partial charge in [0, 0.05) is 0 Å². The first-order valence-electron chi connectivity index (χ1n) is 8.24. The molecular formula is C17H40. The molecule has 1 rings (SSSR count). The summed E-state index contributed by atoms with van der Waals surface area (Å²) in [6, 6.07) is 0. The van der Waals surface area contributed by atoms with Gasteiger partial charge in [0.2, 0.25) is 0 Å². The fraction of sp³-hybridized carbons (Fsp3) is 1.00. The largest absolute Gasteiger partial charge is 0.0683 e. The van der Waals surface area contributed by atoms with Gasteiger partial charge < -0.3 is 0 Å². The fourth-order valence-corrected chi connectivity index (χ4v) is 1.37. The van der Waals surface area contributed by atoms with Crippen molar-refractivity contribution >= 4 is 0 Å². The molecule has 0 aromatic heterocycles. The van der Waals surface area contributed by atoms with Crippen molar-refractivity contribution in [1.29, 1.82) is 0 Å². The minimum absolute atomic E-state index is 0.971. The predicted octanol–water partition coefficient (Wildman–Crippen LogP) is 7.08. The van der Waals surface area contributed by atoms with Gasteiger partial charge >= 0.3 is 0 Å². The van der Waals surface area contributed by atoms with Gasteiger partial charge in [-0.05, 0) is 11.8 Å². The molecule has 17 heavy (non-hydrogen) atoms. The van der Waals surface area contributed by atoms with E-state index in [1.807, 2.05) is 27.7 Å². The Morgan fingerprint density at radius 1 is 0.941 bits per heavy atom. The molecule has 0 amide bonds. The van der Waals surface area contributed by atoms with Crippen LogP contribution in [0, 0.1) is 11.8 Å². The molecule has 0 bridgehead atoms. The first kappa shape index (κ1) is 22.2. The SMILES string of the molecule is CC.CC.CCC.CCC(C)CCCC1CC1. The predicted molar refractivity (Wildman–Crippen MR) is 84.7 cm³/mol. The lowest BCUT2D eigenvalue weighted by Crippen LogP contribution is -1.91. The molecule has 1 atom stereocenters. The third kappa shape index (κ3) is 25.9. The van der Waals surface area contributed by atoms with E-state index in [1.54, 1.807) is 0 Å². The van der Waals surface area contributed by atoms with Crippen LogP contribution in [-0.4, -0.2) is 0 Å². The van der Waals surface area contributed by atoms with Gasteiger partial charge in [-0.15, -0.1) is 0 Å². The third-order valence-electron chi connectivity index (χ3n) is 2.70. The molecule has 1 fully saturated rings. The van der Waals surface area contributed by atoms with Crippen LogP contribution in [-0.2, 0) is 0 Å². The molecule has 0 aromatic carbocycles. The highest BCUT2D eigenvalue weighted by molar-refractivity contribution is 4.72. The van der Waals surface area contributed by atoms with Crippen LogP contribution in [0.25, 0.3) is 0 Å². The Morgan fingerprint density at radius 3 is 1.65 bits per heavy atom. The van der Waals surface area contributed by atoms with E-state index < -0.39 is 0 Å². The monoisotopic (exact) mass is 244 g/mol. The quantitative estimate of drug-likeness (QED) is 0.484. The highest BCUT2D eigenvalue weighted by atomic mass is 14.3. The number of hydrogen-bond donors (Lipinski definition) is 0. The highest BCUT2D eigenvalue weighted by Gasteiger charge is 2.20. The number of hydrogen-bond acceptors (Lipinski definition) is 0. The maximum absolute atomic E-state index is 2.37. The second-order valence-corrected chi connectivity index (χ2v) is 4.59. The molecule has 0 aliphatic heterocycles.